The lowest BCUT2D eigenvalue weighted by atomic mass is 10.0. The van der Waals surface area contributed by atoms with Gasteiger partial charge in [0.15, 0.2) is 21.4 Å². The number of aromatic nitrogens is 2. The van der Waals surface area contributed by atoms with Crippen molar-refractivity contribution in [3.05, 3.63) is 62.7 Å². The number of H-pyrrole nitrogens is 1. The Bertz CT molecular complexity index is 1120. The van der Waals surface area contributed by atoms with E-state index in [9.17, 15) is 22.4 Å². The third-order valence-corrected chi connectivity index (χ3v) is 7.41. The summed E-state index contributed by atoms with van der Waals surface area (Å²) in [5, 5.41) is 0. The molecular weight excluding hydrogens is 439 g/mol. The highest BCUT2D eigenvalue weighted by atomic mass is 32.2. The third kappa shape index (κ3) is 7.03. The van der Waals surface area contributed by atoms with E-state index in [1.807, 2.05) is 0 Å². The molecule has 0 bridgehead atoms. The molecule has 0 unspecified atom stereocenters. The molecule has 1 heterocycles. The Morgan fingerprint density at radius 2 is 1.97 bits per heavy atom. The highest BCUT2D eigenvalue weighted by Gasteiger charge is 2.21. The minimum Gasteiger partial charge on any atom is -0.487 e. The largest absolute Gasteiger partial charge is 0.487 e. The Labute approximate surface area is 186 Å². The number of rotatable bonds is 11. The molecule has 176 valence electrons. The van der Waals surface area contributed by atoms with Gasteiger partial charge in [-0.15, -0.1) is 0 Å². The highest BCUT2D eigenvalue weighted by Crippen LogP contribution is 2.29. The van der Waals surface area contributed by atoms with Crippen LogP contribution in [0, 0.1) is 5.82 Å². The second-order valence-electron chi connectivity index (χ2n) is 8.20. The van der Waals surface area contributed by atoms with Crippen LogP contribution in [0.3, 0.4) is 0 Å². The molecule has 32 heavy (non-hydrogen) atoms. The predicted octanol–water partition coefficient (Wildman–Crippen LogP) is 2.58. The predicted molar refractivity (Wildman–Crippen MR) is 118 cm³/mol. The molecule has 0 aliphatic heterocycles. The van der Waals surface area contributed by atoms with Crippen LogP contribution in [0.4, 0.5) is 4.39 Å². The molecule has 1 aromatic carbocycles. The van der Waals surface area contributed by atoms with E-state index >= 15 is 0 Å². The molecule has 3 rings (SSSR count). The summed E-state index contributed by atoms with van der Waals surface area (Å²) in [6, 6.07) is 5.74. The highest BCUT2D eigenvalue weighted by molar-refractivity contribution is 7.91. The van der Waals surface area contributed by atoms with Crippen LogP contribution in [-0.4, -0.2) is 42.2 Å². The molecule has 0 saturated heterocycles. The Morgan fingerprint density at radius 1 is 1.22 bits per heavy atom. The molecule has 1 atom stereocenters. The maximum absolute atomic E-state index is 14.1. The van der Waals surface area contributed by atoms with E-state index in [-0.39, 0.29) is 49.0 Å². The molecule has 1 aromatic heterocycles. The van der Waals surface area contributed by atoms with Gasteiger partial charge in [0.05, 0.1) is 17.6 Å². The third-order valence-electron chi connectivity index (χ3n) is 5.50. The van der Waals surface area contributed by atoms with Crippen molar-refractivity contribution in [3.63, 3.8) is 0 Å². The number of halogens is 1. The average molecular weight is 469 g/mol. The zero-order valence-corrected chi connectivity index (χ0v) is 18.9. The van der Waals surface area contributed by atoms with Gasteiger partial charge in [0.1, 0.15) is 6.73 Å². The van der Waals surface area contributed by atoms with Gasteiger partial charge in [-0.2, -0.15) is 0 Å². The van der Waals surface area contributed by atoms with Gasteiger partial charge in [-0.25, -0.2) is 17.6 Å². The summed E-state index contributed by atoms with van der Waals surface area (Å²) in [7, 11) is -3.36. The second kappa shape index (κ2) is 10.9. The summed E-state index contributed by atoms with van der Waals surface area (Å²) in [5.74, 6) is -0.697. The van der Waals surface area contributed by atoms with E-state index in [0.717, 1.165) is 31.2 Å². The van der Waals surface area contributed by atoms with Crippen molar-refractivity contribution in [2.45, 2.75) is 57.8 Å². The molecular formula is C22H29FN2O6S. The number of ether oxygens (including phenoxy) is 2. The number of aromatic amines is 1. The van der Waals surface area contributed by atoms with Crippen LogP contribution in [0.15, 0.2) is 40.1 Å². The Kier molecular flexibility index (Phi) is 8.25. The maximum Gasteiger partial charge on any atom is 0.330 e. The van der Waals surface area contributed by atoms with Crippen LogP contribution in [0.25, 0.3) is 0 Å². The van der Waals surface area contributed by atoms with Crippen LogP contribution in [0.1, 0.15) is 50.5 Å². The Hall–Kier alpha value is -2.46. The minimum atomic E-state index is -3.36. The summed E-state index contributed by atoms with van der Waals surface area (Å²) in [6.07, 6.45) is 5.57. The number of hydrogen-bond donors (Lipinski definition) is 1. The van der Waals surface area contributed by atoms with Gasteiger partial charge in [-0.3, -0.25) is 14.3 Å². The topological polar surface area (TPSA) is 107 Å². The van der Waals surface area contributed by atoms with Gasteiger partial charge in [-0.1, -0.05) is 13.0 Å². The van der Waals surface area contributed by atoms with Crippen molar-refractivity contribution in [2.75, 3.05) is 18.1 Å². The molecule has 1 N–H and O–H groups in total. The molecule has 0 amide bonds. The van der Waals surface area contributed by atoms with Crippen LogP contribution in [-0.2, 0) is 21.3 Å². The lowest BCUT2D eigenvalue weighted by molar-refractivity contribution is 0.0745. The molecule has 1 fully saturated rings. The number of hydrogen-bond acceptors (Lipinski definition) is 6. The number of nitrogens with zero attached hydrogens (tertiary/aromatic N) is 1. The Balaban J connectivity index is 1.47. The lowest BCUT2D eigenvalue weighted by Crippen LogP contribution is -2.29. The van der Waals surface area contributed by atoms with Crippen LogP contribution in [0.2, 0.25) is 0 Å². The van der Waals surface area contributed by atoms with E-state index in [0.29, 0.717) is 0 Å². The summed E-state index contributed by atoms with van der Waals surface area (Å²) in [5.41, 5.74) is -0.365. The van der Waals surface area contributed by atoms with E-state index in [4.69, 9.17) is 9.47 Å². The first-order chi connectivity index (χ1) is 15.2. The van der Waals surface area contributed by atoms with Crippen molar-refractivity contribution in [1.29, 1.82) is 0 Å². The first kappa shape index (κ1) is 24.2. The van der Waals surface area contributed by atoms with Crippen molar-refractivity contribution < 1.29 is 22.3 Å². The molecule has 1 saturated carbocycles. The quantitative estimate of drug-likeness (QED) is 0.508. The fourth-order valence-corrected chi connectivity index (χ4v) is 5.43. The molecule has 1 aliphatic carbocycles. The zero-order valence-electron chi connectivity index (χ0n) is 18.1. The van der Waals surface area contributed by atoms with Gasteiger partial charge in [0.2, 0.25) is 0 Å². The molecule has 1 aliphatic rings. The number of sulfone groups is 1. The summed E-state index contributed by atoms with van der Waals surface area (Å²) >= 11 is 0. The van der Waals surface area contributed by atoms with Crippen LogP contribution < -0.4 is 16.0 Å². The molecule has 8 nitrogen and oxygen atoms in total. The molecule has 10 heteroatoms. The monoisotopic (exact) mass is 468 g/mol. The SMILES string of the molecule is C[C@@H](CS(=O)(=O)CCCOCn1ccc(=O)[nH]c1=O)c1ccc(F)c(OC2CCCC2)c1. The van der Waals surface area contributed by atoms with Crippen molar-refractivity contribution >= 4 is 9.84 Å². The molecule has 0 spiro atoms. The molecule has 2 aromatic rings. The van der Waals surface area contributed by atoms with Crippen LogP contribution in [0.5, 0.6) is 5.75 Å². The summed E-state index contributed by atoms with van der Waals surface area (Å²) in [6.45, 7) is 1.86. The first-order valence-corrected chi connectivity index (χ1v) is 12.6. The van der Waals surface area contributed by atoms with Crippen molar-refractivity contribution in [1.82, 2.24) is 9.55 Å². The maximum atomic E-state index is 14.1. The summed E-state index contributed by atoms with van der Waals surface area (Å²) in [4.78, 5) is 24.7. The van der Waals surface area contributed by atoms with Gasteiger partial charge >= 0.3 is 5.69 Å². The average Bonchev–Trinajstić information content (AvgIpc) is 3.23. The van der Waals surface area contributed by atoms with Crippen molar-refractivity contribution in [3.8, 4) is 5.75 Å². The van der Waals surface area contributed by atoms with Gasteiger partial charge < -0.3 is 9.47 Å². The number of benzene rings is 1. The van der Waals surface area contributed by atoms with Gasteiger partial charge in [0, 0.05) is 18.9 Å². The Morgan fingerprint density at radius 3 is 2.69 bits per heavy atom. The molecule has 0 radical (unpaired) electrons. The van der Waals surface area contributed by atoms with E-state index < -0.39 is 26.9 Å². The minimum absolute atomic E-state index is 0.0192. The zero-order chi connectivity index (χ0) is 23.1. The summed E-state index contributed by atoms with van der Waals surface area (Å²) < 4.78 is 51.5. The van der Waals surface area contributed by atoms with Crippen LogP contribution >= 0.6 is 0 Å². The van der Waals surface area contributed by atoms with Crippen molar-refractivity contribution in [2.24, 2.45) is 0 Å². The second-order valence-corrected chi connectivity index (χ2v) is 10.4. The lowest BCUT2D eigenvalue weighted by Gasteiger charge is -2.17. The fraction of sp³-hybridized carbons (Fsp3) is 0.545. The first-order valence-electron chi connectivity index (χ1n) is 10.8. The smallest absolute Gasteiger partial charge is 0.330 e. The van der Waals surface area contributed by atoms with Gasteiger partial charge in [0.25, 0.3) is 5.56 Å². The van der Waals surface area contributed by atoms with E-state index in [1.165, 1.54) is 22.9 Å². The fourth-order valence-electron chi connectivity index (χ4n) is 3.75. The standard InChI is InChI=1S/C22H29FN2O6S/c1-16(17-7-8-19(23)20(13-17)31-18-5-2-3-6-18)14-32(28,29)12-4-11-30-15-25-10-9-21(26)24-22(25)27/h7-10,13,16,18H,2-6,11-12,14-15H2,1H3,(H,24,26,27)/t16-/m0/s1. The van der Waals surface area contributed by atoms with Gasteiger partial charge in [-0.05, 0) is 55.7 Å². The van der Waals surface area contributed by atoms with E-state index in [2.05, 4.69) is 4.98 Å². The van der Waals surface area contributed by atoms with E-state index in [1.54, 1.807) is 19.1 Å². The normalized spacial score (nSPS) is 15.7. The number of nitrogens with one attached hydrogen (secondary N) is 1.